The lowest BCUT2D eigenvalue weighted by Crippen LogP contribution is -2.34. The van der Waals surface area contributed by atoms with Crippen LogP contribution in [0.2, 0.25) is 0 Å². The Labute approximate surface area is 155 Å². The maximum absolute atomic E-state index is 13.1. The number of amides is 1. The van der Waals surface area contributed by atoms with E-state index in [-0.39, 0.29) is 24.2 Å². The summed E-state index contributed by atoms with van der Waals surface area (Å²) in [6.45, 7) is 4.44. The summed E-state index contributed by atoms with van der Waals surface area (Å²) in [6.07, 6.45) is 3.54. The third-order valence-electron chi connectivity index (χ3n) is 4.12. The lowest BCUT2D eigenvalue weighted by molar-refractivity contribution is -0.132. The van der Waals surface area contributed by atoms with Crippen molar-refractivity contribution in [3.05, 3.63) is 65.2 Å². The standard InChI is InChI=1S/C19H19FN4OS/c1-3-24(13(2)14-5-7-15(20)8-6-14)17(25)11-16-12-26-19(23-16)18-21-9-4-10-22-18/h4-10,12-13H,3,11H2,1-2H3/t13-/m0/s1. The first kappa shape index (κ1) is 18.1. The number of likely N-dealkylation sites (N-methyl/N-ethyl adjacent to an activating group) is 1. The lowest BCUT2D eigenvalue weighted by atomic mass is 10.1. The summed E-state index contributed by atoms with van der Waals surface area (Å²) in [5.41, 5.74) is 1.60. The molecule has 0 aliphatic heterocycles. The molecule has 134 valence electrons. The van der Waals surface area contributed by atoms with Crippen molar-refractivity contribution in [1.82, 2.24) is 19.9 Å². The molecule has 0 aliphatic carbocycles. The molecule has 0 spiro atoms. The van der Waals surface area contributed by atoms with Gasteiger partial charge in [-0.15, -0.1) is 11.3 Å². The summed E-state index contributed by atoms with van der Waals surface area (Å²) in [6, 6.07) is 7.86. The fourth-order valence-corrected chi connectivity index (χ4v) is 3.51. The number of carbonyl (C=O) groups excluding carboxylic acids is 1. The molecule has 0 bridgehead atoms. The van der Waals surface area contributed by atoms with Crippen LogP contribution in [0.15, 0.2) is 48.1 Å². The monoisotopic (exact) mass is 370 g/mol. The molecule has 1 aromatic carbocycles. The van der Waals surface area contributed by atoms with Crippen molar-refractivity contribution >= 4 is 17.2 Å². The highest BCUT2D eigenvalue weighted by molar-refractivity contribution is 7.13. The van der Waals surface area contributed by atoms with Gasteiger partial charge in [-0.2, -0.15) is 0 Å². The number of hydrogen-bond donors (Lipinski definition) is 0. The quantitative estimate of drug-likeness (QED) is 0.660. The number of aromatic nitrogens is 3. The number of carbonyl (C=O) groups is 1. The van der Waals surface area contributed by atoms with Crippen molar-refractivity contribution < 1.29 is 9.18 Å². The molecular weight excluding hydrogens is 351 g/mol. The summed E-state index contributed by atoms with van der Waals surface area (Å²) in [5.74, 6) is 0.256. The molecule has 26 heavy (non-hydrogen) atoms. The van der Waals surface area contributed by atoms with E-state index in [1.165, 1.54) is 23.5 Å². The summed E-state index contributed by atoms with van der Waals surface area (Å²) in [5, 5.41) is 2.56. The average molecular weight is 370 g/mol. The molecule has 1 atom stereocenters. The summed E-state index contributed by atoms with van der Waals surface area (Å²) >= 11 is 1.42. The van der Waals surface area contributed by atoms with Gasteiger partial charge in [0.05, 0.1) is 18.2 Å². The van der Waals surface area contributed by atoms with Gasteiger partial charge in [-0.05, 0) is 37.6 Å². The Morgan fingerprint density at radius 2 is 1.92 bits per heavy atom. The van der Waals surface area contributed by atoms with Crippen LogP contribution in [0.4, 0.5) is 4.39 Å². The predicted octanol–water partition coefficient (Wildman–Crippen LogP) is 3.89. The van der Waals surface area contributed by atoms with Crippen LogP contribution in [0.1, 0.15) is 31.1 Å². The van der Waals surface area contributed by atoms with Gasteiger partial charge in [-0.25, -0.2) is 19.3 Å². The molecule has 1 amide bonds. The maximum atomic E-state index is 13.1. The second-order valence-corrected chi connectivity index (χ2v) is 6.66. The lowest BCUT2D eigenvalue weighted by Gasteiger charge is -2.28. The Hall–Kier alpha value is -2.67. The van der Waals surface area contributed by atoms with E-state index in [2.05, 4.69) is 15.0 Å². The molecule has 3 aromatic rings. The van der Waals surface area contributed by atoms with Crippen LogP contribution in [0.3, 0.4) is 0 Å². The van der Waals surface area contributed by atoms with Crippen LogP contribution in [0, 0.1) is 5.82 Å². The van der Waals surface area contributed by atoms with E-state index >= 15 is 0 Å². The van der Waals surface area contributed by atoms with Gasteiger partial charge in [0.25, 0.3) is 0 Å². The smallest absolute Gasteiger partial charge is 0.229 e. The van der Waals surface area contributed by atoms with E-state index in [9.17, 15) is 9.18 Å². The predicted molar refractivity (Wildman–Crippen MR) is 99.0 cm³/mol. The van der Waals surface area contributed by atoms with Gasteiger partial charge in [0, 0.05) is 24.3 Å². The average Bonchev–Trinajstić information content (AvgIpc) is 3.12. The van der Waals surface area contributed by atoms with Crippen molar-refractivity contribution in [2.75, 3.05) is 6.54 Å². The molecule has 0 saturated heterocycles. The van der Waals surface area contributed by atoms with Gasteiger partial charge in [-0.3, -0.25) is 4.79 Å². The first-order valence-corrected chi connectivity index (χ1v) is 9.23. The third-order valence-corrected chi connectivity index (χ3v) is 5.01. The van der Waals surface area contributed by atoms with Crippen LogP contribution in [0.25, 0.3) is 10.8 Å². The first-order valence-electron chi connectivity index (χ1n) is 8.35. The maximum Gasteiger partial charge on any atom is 0.229 e. The second kappa shape index (κ2) is 8.14. The van der Waals surface area contributed by atoms with Gasteiger partial charge >= 0.3 is 0 Å². The number of benzene rings is 1. The zero-order valence-electron chi connectivity index (χ0n) is 14.6. The van der Waals surface area contributed by atoms with Crippen LogP contribution in [-0.4, -0.2) is 32.3 Å². The number of rotatable bonds is 6. The van der Waals surface area contributed by atoms with Crippen molar-refractivity contribution in [2.45, 2.75) is 26.3 Å². The Morgan fingerprint density at radius 3 is 2.58 bits per heavy atom. The highest BCUT2D eigenvalue weighted by Gasteiger charge is 2.21. The molecule has 0 radical (unpaired) electrons. The van der Waals surface area contributed by atoms with Gasteiger partial charge in [-0.1, -0.05) is 12.1 Å². The SMILES string of the molecule is CCN(C(=O)Cc1csc(-c2ncccn2)n1)[C@@H](C)c1ccc(F)cc1. The summed E-state index contributed by atoms with van der Waals surface area (Å²) in [7, 11) is 0. The fraction of sp³-hybridized carbons (Fsp3) is 0.263. The minimum atomic E-state index is -0.284. The van der Waals surface area contributed by atoms with Crippen LogP contribution < -0.4 is 0 Å². The van der Waals surface area contributed by atoms with Crippen molar-refractivity contribution in [1.29, 1.82) is 0 Å². The molecular formula is C19H19FN4OS. The minimum absolute atomic E-state index is 0.0184. The molecule has 0 fully saturated rings. The minimum Gasteiger partial charge on any atom is -0.336 e. The topological polar surface area (TPSA) is 59.0 Å². The number of nitrogens with zero attached hydrogens (tertiary/aromatic N) is 4. The number of halogens is 1. The fourth-order valence-electron chi connectivity index (χ4n) is 2.74. The zero-order valence-corrected chi connectivity index (χ0v) is 15.4. The number of thiazole rings is 1. The Balaban J connectivity index is 1.71. The Bertz CT molecular complexity index is 867. The molecule has 2 aromatic heterocycles. The Morgan fingerprint density at radius 1 is 1.23 bits per heavy atom. The highest BCUT2D eigenvalue weighted by Crippen LogP contribution is 2.23. The largest absolute Gasteiger partial charge is 0.336 e. The second-order valence-electron chi connectivity index (χ2n) is 5.80. The summed E-state index contributed by atoms with van der Waals surface area (Å²) < 4.78 is 13.1. The van der Waals surface area contributed by atoms with Gasteiger partial charge < -0.3 is 4.90 Å². The normalized spacial score (nSPS) is 12.0. The zero-order chi connectivity index (χ0) is 18.5. The molecule has 0 saturated carbocycles. The first-order chi connectivity index (χ1) is 12.6. The van der Waals surface area contributed by atoms with Crippen LogP contribution >= 0.6 is 11.3 Å². The van der Waals surface area contributed by atoms with Crippen molar-refractivity contribution in [3.63, 3.8) is 0 Å². The third kappa shape index (κ3) is 4.11. The molecule has 3 rings (SSSR count). The molecule has 0 aliphatic rings. The van der Waals surface area contributed by atoms with Gasteiger partial charge in [0.1, 0.15) is 5.82 Å². The van der Waals surface area contributed by atoms with Crippen molar-refractivity contribution in [2.24, 2.45) is 0 Å². The van der Waals surface area contributed by atoms with Crippen molar-refractivity contribution in [3.8, 4) is 10.8 Å². The van der Waals surface area contributed by atoms with E-state index in [1.54, 1.807) is 35.5 Å². The van der Waals surface area contributed by atoms with Crippen LogP contribution in [0.5, 0.6) is 0 Å². The van der Waals surface area contributed by atoms with E-state index in [0.717, 1.165) is 5.56 Å². The molecule has 0 unspecified atom stereocenters. The summed E-state index contributed by atoms with van der Waals surface area (Å²) in [4.78, 5) is 27.4. The Kier molecular flexibility index (Phi) is 5.68. The molecule has 2 heterocycles. The van der Waals surface area contributed by atoms with Crippen LogP contribution in [-0.2, 0) is 11.2 Å². The van der Waals surface area contributed by atoms with E-state index in [0.29, 0.717) is 23.1 Å². The molecule has 7 heteroatoms. The van der Waals surface area contributed by atoms with E-state index < -0.39 is 0 Å². The molecule has 5 nitrogen and oxygen atoms in total. The molecule has 0 N–H and O–H groups in total. The number of hydrogen-bond acceptors (Lipinski definition) is 5. The highest BCUT2D eigenvalue weighted by atomic mass is 32.1. The van der Waals surface area contributed by atoms with E-state index in [1.807, 2.05) is 19.2 Å². The van der Waals surface area contributed by atoms with E-state index in [4.69, 9.17) is 0 Å². The van der Waals surface area contributed by atoms with Gasteiger partial charge in [0.2, 0.25) is 5.91 Å². The van der Waals surface area contributed by atoms with Gasteiger partial charge in [0.15, 0.2) is 10.8 Å².